The molecule has 0 spiro atoms. The lowest BCUT2D eigenvalue weighted by Gasteiger charge is -2.21. The van der Waals surface area contributed by atoms with E-state index in [4.69, 9.17) is 0 Å². The molecule has 0 aromatic heterocycles. The maximum absolute atomic E-state index is 9.30. The number of hydrogen-bond donors (Lipinski definition) is 2. The van der Waals surface area contributed by atoms with Crippen molar-refractivity contribution in [3.8, 4) is 0 Å². The van der Waals surface area contributed by atoms with Gasteiger partial charge in [0.05, 0.1) is 6.10 Å². The van der Waals surface area contributed by atoms with Gasteiger partial charge in [0.2, 0.25) is 0 Å². The van der Waals surface area contributed by atoms with Gasteiger partial charge in [-0.05, 0) is 19.4 Å². The lowest BCUT2D eigenvalue weighted by Crippen LogP contribution is -2.35. The standard InChI is InChI=1S/C8H16N2O/c11-8-2-4-10(6-8)7-1-3-9-5-7/h7-9,11H,1-6H2/t7-,8-/m1/s1. The van der Waals surface area contributed by atoms with E-state index >= 15 is 0 Å². The molecule has 2 fully saturated rings. The van der Waals surface area contributed by atoms with Crippen molar-refractivity contribution < 1.29 is 5.11 Å². The summed E-state index contributed by atoms with van der Waals surface area (Å²) in [6, 6.07) is 0.701. The van der Waals surface area contributed by atoms with Crippen LogP contribution in [0.5, 0.6) is 0 Å². The Bertz CT molecular complexity index is 134. The highest BCUT2D eigenvalue weighted by molar-refractivity contribution is 4.85. The van der Waals surface area contributed by atoms with E-state index in [0.717, 1.165) is 32.6 Å². The zero-order valence-corrected chi connectivity index (χ0v) is 6.79. The molecule has 2 aliphatic heterocycles. The van der Waals surface area contributed by atoms with Gasteiger partial charge >= 0.3 is 0 Å². The minimum atomic E-state index is -0.0596. The smallest absolute Gasteiger partial charge is 0.0679 e. The predicted octanol–water partition coefficient (Wildman–Crippen LogP) is -0.585. The second-order valence-corrected chi connectivity index (χ2v) is 3.58. The summed E-state index contributed by atoms with van der Waals surface area (Å²) in [5, 5.41) is 12.6. The number of β-amino-alcohol motifs (C(OH)–C–C–N with tert-alkyl or cyclic N) is 1. The Balaban J connectivity index is 1.85. The van der Waals surface area contributed by atoms with Crippen LogP contribution in [0.1, 0.15) is 12.8 Å². The summed E-state index contributed by atoms with van der Waals surface area (Å²) >= 11 is 0. The predicted molar refractivity (Wildman–Crippen MR) is 43.5 cm³/mol. The molecule has 2 atom stereocenters. The van der Waals surface area contributed by atoms with E-state index in [1.54, 1.807) is 0 Å². The first-order valence-electron chi connectivity index (χ1n) is 4.49. The molecule has 3 heteroatoms. The summed E-state index contributed by atoms with van der Waals surface area (Å²) in [5.74, 6) is 0. The van der Waals surface area contributed by atoms with Crippen LogP contribution in [-0.2, 0) is 0 Å². The Kier molecular flexibility index (Phi) is 2.11. The molecule has 3 nitrogen and oxygen atoms in total. The van der Waals surface area contributed by atoms with Crippen molar-refractivity contribution in [1.82, 2.24) is 10.2 Å². The average Bonchev–Trinajstić information content (AvgIpc) is 2.55. The molecule has 2 N–H and O–H groups in total. The van der Waals surface area contributed by atoms with E-state index in [9.17, 15) is 5.11 Å². The monoisotopic (exact) mass is 156 g/mol. The first kappa shape index (κ1) is 7.53. The molecule has 11 heavy (non-hydrogen) atoms. The van der Waals surface area contributed by atoms with Gasteiger partial charge in [0.25, 0.3) is 0 Å². The molecule has 0 unspecified atom stereocenters. The van der Waals surface area contributed by atoms with E-state index in [2.05, 4.69) is 10.2 Å². The first-order valence-corrected chi connectivity index (χ1v) is 4.49. The highest BCUT2D eigenvalue weighted by atomic mass is 16.3. The van der Waals surface area contributed by atoms with Gasteiger partial charge in [-0.1, -0.05) is 0 Å². The number of aliphatic hydroxyl groups is 1. The van der Waals surface area contributed by atoms with Crippen molar-refractivity contribution in [3.05, 3.63) is 0 Å². The van der Waals surface area contributed by atoms with Gasteiger partial charge in [0.1, 0.15) is 0 Å². The van der Waals surface area contributed by atoms with Crippen LogP contribution >= 0.6 is 0 Å². The molecule has 2 rings (SSSR count). The van der Waals surface area contributed by atoms with Crippen molar-refractivity contribution in [3.63, 3.8) is 0 Å². The Morgan fingerprint density at radius 3 is 2.82 bits per heavy atom. The third-order valence-electron chi connectivity index (χ3n) is 2.75. The third kappa shape index (κ3) is 1.55. The van der Waals surface area contributed by atoms with Crippen LogP contribution in [0.25, 0.3) is 0 Å². The number of likely N-dealkylation sites (tertiary alicyclic amines) is 1. The average molecular weight is 156 g/mol. The summed E-state index contributed by atoms with van der Waals surface area (Å²) in [4.78, 5) is 2.41. The molecule has 0 aliphatic carbocycles. The number of hydrogen-bond acceptors (Lipinski definition) is 3. The topological polar surface area (TPSA) is 35.5 Å². The molecule has 0 amide bonds. The maximum Gasteiger partial charge on any atom is 0.0679 e. The molecule has 2 heterocycles. The summed E-state index contributed by atoms with van der Waals surface area (Å²) in [7, 11) is 0. The van der Waals surface area contributed by atoms with Crippen molar-refractivity contribution >= 4 is 0 Å². The van der Waals surface area contributed by atoms with Crippen molar-refractivity contribution in [2.75, 3.05) is 26.2 Å². The number of nitrogens with zero attached hydrogens (tertiary/aromatic N) is 1. The molecular formula is C8H16N2O. The van der Waals surface area contributed by atoms with Crippen LogP contribution in [0.4, 0.5) is 0 Å². The highest BCUT2D eigenvalue weighted by Gasteiger charge is 2.28. The van der Waals surface area contributed by atoms with E-state index in [-0.39, 0.29) is 6.10 Å². The largest absolute Gasteiger partial charge is 0.392 e. The Hall–Kier alpha value is -0.120. The normalized spacial score (nSPS) is 40.1. The maximum atomic E-state index is 9.30. The van der Waals surface area contributed by atoms with Gasteiger partial charge in [-0.25, -0.2) is 0 Å². The molecular weight excluding hydrogens is 140 g/mol. The van der Waals surface area contributed by atoms with E-state index < -0.39 is 0 Å². The molecule has 0 radical (unpaired) electrons. The summed E-state index contributed by atoms with van der Waals surface area (Å²) in [6.07, 6.45) is 2.17. The van der Waals surface area contributed by atoms with Crippen molar-refractivity contribution in [1.29, 1.82) is 0 Å². The molecule has 0 aromatic rings. The Morgan fingerprint density at radius 1 is 1.36 bits per heavy atom. The fourth-order valence-electron chi connectivity index (χ4n) is 2.05. The van der Waals surface area contributed by atoms with Crippen LogP contribution < -0.4 is 5.32 Å². The lowest BCUT2D eigenvalue weighted by atomic mass is 10.2. The molecule has 2 saturated heterocycles. The molecule has 0 saturated carbocycles. The number of aliphatic hydroxyl groups excluding tert-OH is 1. The fraction of sp³-hybridized carbons (Fsp3) is 1.00. The zero-order valence-electron chi connectivity index (χ0n) is 6.79. The van der Waals surface area contributed by atoms with Gasteiger partial charge in [0.15, 0.2) is 0 Å². The van der Waals surface area contributed by atoms with Gasteiger partial charge in [-0.2, -0.15) is 0 Å². The molecule has 64 valence electrons. The second-order valence-electron chi connectivity index (χ2n) is 3.58. The quantitative estimate of drug-likeness (QED) is 0.533. The van der Waals surface area contributed by atoms with Crippen molar-refractivity contribution in [2.45, 2.75) is 25.0 Å². The van der Waals surface area contributed by atoms with Gasteiger partial charge in [-0.3, -0.25) is 4.90 Å². The van der Waals surface area contributed by atoms with E-state index in [0.29, 0.717) is 6.04 Å². The zero-order chi connectivity index (χ0) is 7.68. The van der Waals surface area contributed by atoms with Crippen LogP contribution in [0, 0.1) is 0 Å². The Labute approximate surface area is 67.4 Å². The molecule has 0 aromatic carbocycles. The molecule has 2 aliphatic rings. The number of nitrogens with one attached hydrogen (secondary N) is 1. The SMILES string of the molecule is O[C@@H]1CCN([C@@H]2CCNC2)C1. The van der Waals surface area contributed by atoms with E-state index in [1.807, 2.05) is 0 Å². The summed E-state index contributed by atoms with van der Waals surface area (Å²) in [6.45, 7) is 4.25. The first-order chi connectivity index (χ1) is 5.36. The highest BCUT2D eigenvalue weighted by Crippen LogP contribution is 2.16. The third-order valence-corrected chi connectivity index (χ3v) is 2.75. The Morgan fingerprint density at radius 2 is 2.27 bits per heavy atom. The summed E-state index contributed by atoms with van der Waals surface area (Å²) in [5.41, 5.74) is 0. The van der Waals surface area contributed by atoms with Gasteiger partial charge in [0, 0.05) is 25.7 Å². The van der Waals surface area contributed by atoms with E-state index in [1.165, 1.54) is 6.42 Å². The number of rotatable bonds is 1. The van der Waals surface area contributed by atoms with Crippen molar-refractivity contribution in [2.24, 2.45) is 0 Å². The van der Waals surface area contributed by atoms with Gasteiger partial charge < -0.3 is 10.4 Å². The minimum Gasteiger partial charge on any atom is -0.392 e. The van der Waals surface area contributed by atoms with Crippen LogP contribution in [0.3, 0.4) is 0 Å². The van der Waals surface area contributed by atoms with Crippen LogP contribution in [-0.4, -0.2) is 48.3 Å². The van der Waals surface area contributed by atoms with Crippen LogP contribution in [0.2, 0.25) is 0 Å². The second kappa shape index (κ2) is 3.09. The summed E-state index contributed by atoms with van der Waals surface area (Å²) < 4.78 is 0. The van der Waals surface area contributed by atoms with Gasteiger partial charge in [-0.15, -0.1) is 0 Å². The fourth-order valence-corrected chi connectivity index (χ4v) is 2.05. The lowest BCUT2D eigenvalue weighted by molar-refractivity contribution is 0.163. The van der Waals surface area contributed by atoms with Crippen LogP contribution in [0.15, 0.2) is 0 Å². The molecule has 0 bridgehead atoms. The minimum absolute atomic E-state index is 0.0596.